The third-order valence-electron chi connectivity index (χ3n) is 5.63. The van der Waals surface area contributed by atoms with Gasteiger partial charge in [-0.1, -0.05) is 24.6 Å². The Morgan fingerprint density at radius 2 is 1.66 bits per heavy atom. The van der Waals surface area contributed by atoms with Gasteiger partial charge in [-0.3, -0.25) is 14.5 Å². The largest absolute Gasteiger partial charge is 0.300 e. The zero-order valence-electron chi connectivity index (χ0n) is 18.4. The van der Waals surface area contributed by atoms with Crippen molar-refractivity contribution in [3.63, 3.8) is 0 Å². The summed E-state index contributed by atoms with van der Waals surface area (Å²) in [5.41, 5.74) is 2.02. The number of aryl methyl sites for hydroxylation is 1. The zero-order chi connectivity index (χ0) is 22.7. The molecular weight excluding hydrogens is 444 g/mol. The second-order valence-corrected chi connectivity index (χ2v) is 10.3. The van der Waals surface area contributed by atoms with E-state index in [0.717, 1.165) is 29.9 Å². The first-order valence-corrected chi connectivity index (χ1v) is 12.6. The minimum Gasteiger partial charge on any atom is -0.300 e. The molecule has 0 atom stereocenters. The molecule has 4 rings (SSSR count). The minimum absolute atomic E-state index is 0.346. The van der Waals surface area contributed by atoms with Crippen molar-refractivity contribution in [2.75, 3.05) is 26.2 Å². The standard InChI is InChI=1S/C22H28N6O2S2/c1-3-12-27-21(19-8-10-23-11-9-19)24-28(22(27)31)17-25-13-15-26(16-14-25)32(29,30)20-6-4-18(2)5-7-20/h4-11H,3,12-17H2,1-2H3. The lowest BCUT2D eigenvalue weighted by molar-refractivity contribution is 0.144. The van der Waals surface area contributed by atoms with E-state index in [2.05, 4.69) is 21.4 Å². The number of aromatic nitrogens is 4. The van der Waals surface area contributed by atoms with E-state index in [4.69, 9.17) is 17.3 Å². The van der Waals surface area contributed by atoms with Gasteiger partial charge in [-0.25, -0.2) is 13.1 Å². The van der Waals surface area contributed by atoms with Crippen LogP contribution in [0.25, 0.3) is 11.4 Å². The van der Waals surface area contributed by atoms with Gasteiger partial charge in [0.1, 0.15) is 0 Å². The highest BCUT2D eigenvalue weighted by molar-refractivity contribution is 7.89. The molecule has 1 fully saturated rings. The normalized spacial score (nSPS) is 15.8. The lowest BCUT2D eigenvalue weighted by Crippen LogP contribution is -2.48. The number of hydrogen-bond acceptors (Lipinski definition) is 6. The highest BCUT2D eigenvalue weighted by atomic mass is 32.2. The first-order valence-electron chi connectivity index (χ1n) is 10.8. The number of sulfonamides is 1. The van der Waals surface area contributed by atoms with Crippen LogP contribution in [0.4, 0.5) is 0 Å². The van der Waals surface area contributed by atoms with Gasteiger partial charge in [0.25, 0.3) is 0 Å². The fourth-order valence-corrected chi connectivity index (χ4v) is 5.53. The molecule has 3 aromatic rings. The molecule has 0 radical (unpaired) electrons. The molecule has 0 saturated carbocycles. The summed E-state index contributed by atoms with van der Waals surface area (Å²) in [7, 11) is -3.48. The first kappa shape index (κ1) is 22.8. The quantitative estimate of drug-likeness (QED) is 0.492. The molecule has 1 saturated heterocycles. The van der Waals surface area contributed by atoms with Crippen LogP contribution in [-0.4, -0.2) is 63.1 Å². The Labute approximate surface area is 194 Å². The topological polar surface area (TPSA) is 76.3 Å². The number of nitrogens with zero attached hydrogens (tertiary/aromatic N) is 6. The van der Waals surface area contributed by atoms with Gasteiger partial charge in [-0.2, -0.15) is 9.40 Å². The molecule has 32 heavy (non-hydrogen) atoms. The van der Waals surface area contributed by atoms with Crippen LogP contribution in [-0.2, 0) is 23.2 Å². The van der Waals surface area contributed by atoms with Crippen molar-refractivity contribution < 1.29 is 8.42 Å². The molecule has 170 valence electrons. The summed E-state index contributed by atoms with van der Waals surface area (Å²) >= 11 is 5.72. The highest BCUT2D eigenvalue weighted by Gasteiger charge is 2.28. The van der Waals surface area contributed by atoms with Gasteiger partial charge in [-0.15, -0.1) is 0 Å². The lowest BCUT2D eigenvalue weighted by atomic mass is 10.2. The number of benzene rings is 1. The summed E-state index contributed by atoms with van der Waals surface area (Å²) in [6.07, 6.45) is 4.45. The number of piperazine rings is 1. The molecular formula is C22H28N6O2S2. The summed E-state index contributed by atoms with van der Waals surface area (Å²) in [5.74, 6) is 0.833. The molecule has 0 unspecified atom stereocenters. The van der Waals surface area contributed by atoms with Crippen molar-refractivity contribution in [2.24, 2.45) is 0 Å². The van der Waals surface area contributed by atoms with Crippen molar-refractivity contribution >= 4 is 22.2 Å². The third-order valence-corrected chi connectivity index (χ3v) is 7.98. The minimum atomic E-state index is -3.48. The van der Waals surface area contributed by atoms with Crippen LogP contribution in [0.3, 0.4) is 0 Å². The Morgan fingerprint density at radius 3 is 2.28 bits per heavy atom. The van der Waals surface area contributed by atoms with Crippen LogP contribution in [0, 0.1) is 11.7 Å². The summed E-state index contributed by atoms with van der Waals surface area (Å²) in [5, 5.41) is 4.79. The Hall–Kier alpha value is -2.40. The summed E-state index contributed by atoms with van der Waals surface area (Å²) in [6, 6.07) is 10.9. The SMILES string of the molecule is CCCn1c(-c2ccncc2)nn(CN2CCN(S(=O)(=O)c3ccc(C)cc3)CC2)c1=S. The fourth-order valence-electron chi connectivity index (χ4n) is 3.83. The maximum absolute atomic E-state index is 13.0. The monoisotopic (exact) mass is 472 g/mol. The van der Waals surface area contributed by atoms with E-state index in [-0.39, 0.29) is 0 Å². The lowest BCUT2D eigenvalue weighted by Gasteiger charge is -2.33. The van der Waals surface area contributed by atoms with Gasteiger partial charge in [0.15, 0.2) is 10.6 Å². The van der Waals surface area contributed by atoms with E-state index in [1.807, 2.05) is 35.9 Å². The van der Waals surface area contributed by atoms with E-state index < -0.39 is 10.0 Å². The zero-order valence-corrected chi connectivity index (χ0v) is 20.0. The predicted molar refractivity (Wildman–Crippen MR) is 126 cm³/mol. The average molecular weight is 473 g/mol. The smallest absolute Gasteiger partial charge is 0.243 e. The van der Waals surface area contributed by atoms with Crippen LogP contribution in [0.15, 0.2) is 53.7 Å². The summed E-state index contributed by atoms with van der Waals surface area (Å²) in [6.45, 7) is 7.51. The van der Waals surface area contributed by atoms with Crippen LogP contribution in [0.1, 0.15) is 18.9 Å². The van der Waals surface area contributed by atoms with E-state index in [1.54, 1.807) is 28.8 Å². The van der Waals surface area contributed by atoms with Crippen molar-refractivity contribution in [2.45, 2.75) is 38.4 Å². The van der Waals surface area contributed by atoms with Crippen molar-refractivity contribution in [1.29, 1.82) is 0 Å². The van der Waals surface area contributed by atoms with E-state index in [1.165, 1.54) is 0 Å². The third kappa shape index (κ3) is 4.68. The number of pyridine rings is 1. The molecule has 8 nitrogen and oxygen atoms in total. The second kappa shape index (κ2) is 9.62. The summed E-state index contributed by atoms with van der Waals surface area (Å²) < 4.78 is 32.1. The van der Waals surface area contributed by atoms with Crippen LogP contribution >= 0.6 is 12.2 Å². The molecule has 0 amide bonds. The highest BCUT2D eigenvalue weighted by Crippen LogP contribution is 2.20. The molecule has 1 aliphatic heterocycles. The molecule has 10 heteroatoms. The van der Waals surface area contributed by atoms with Crippen molar-refractivity contribution in [3.8, 4) is 11.4 Å². The predicted octanol–water partition coefficient (Wildman–Crippen LogP) is 3.16. The Morgan fingerprint density at radius 1 is 1.00 bits per heavy atom. The molecule has 3 heterocycles. The fraction of sp³-hybridized carbons (Fsp3) is 0.409. The molecule has 0 N–H and O–H groups in total. The van der Waals surface area contributed by atoms with Crippen LogP contribution in [0.5, 0.6) is 0 Å². The Balaban J connectivity index is 1.47. The van der Waals surface area contributed by atoms with Crippen molar-refractivity contribution in [1.82, 2.24) is 28.5 Å². The van der Waals surface area contributed by atoms with Gasteiger partial charge < -0.3 is 0 Å². The average Bonchev–Trinajstić information content (AvgIpc) is 3.11. The molecule has 0 spiro atoms. The van der Waals surface area contributed by atoms with Gasteiger partial charge in [0.2, 0.25) is 10.0 Å². The van der Waals surface area contributed by atoms with Gasteiger partial charge in [0, 0.05) is 50.7 Å². The molecule has 1 aromatic carbocycles. The van der Waals surface area contributed by atoms with Gasteiger partial charge >= 0.3 is 0 Å². The molecule has 2 aromatic heterocycles. The first-order chi connectivity index (χ1) is 15.4. The Bertz CT molecular complexity index is 1210. The Kier molecular flexibility index (Phi) is 6.85. The van der Waals surface area contributed by atoms with E-state index in [0.29, 0.717) is 42.5 Å². The van der Waals surface area contributed by atoms with Crippen LogP contribution in [0.2, 0.25) is 0 Å². The van der Waals surface area contributed by atoms with Crippen molar-refractivity contribution in [3.05, 3.63) is 59.1 Å². The molecule has 0 aliphatic carbocycles. The number of hydrogen-bond donors (Lipinski definition) is 0. The molecule has 0 bridgehead atoms. The summed E-state index contributed by atoms with van der Waals surface area (Å²) in [4.78, 5) is 6.63. The van der Waals surface area contributed by atoms with Gasteiger partial charge in [-0.05, 0) is 49.8 Å². The van der Waals surface area contributed by atoms with Crippen LogP contribution < -0.4 is 0 Å². The number of rotatable bonds is 7. The second-order valence-electron chi connectivity index (χ2n) is 7.97. The van der Waals surface area contributed by atoms with Gasteiger partial charge in [0.05, 0.1) is 11.6 Å². The van der Waals surface area contributed by atoms with E-state index >= 15 is 0 Å². The maximum Gasteiger partial charge on any atom is 0.243 e. The molecule has 1 aliphatic rings. The van der Waals surface area contributed by atoms with E-state index in [9.17, 15) is 8.42 Å². The maximum atomic E-state index is 13.0.